The Kier molecular flexibility index (Phi) is 4.06. The third-order valence-corrected chi connectivity index (χ3v) is 5.74. The maximum atomic E-state index is 13.5. The standard InChI is InChI=1S/C17H22F2N6O/c1-9-13-8-21-25(10-4-6-17(18,19)7-5-10)15(13)23-14(22-9)11-2-3-12(11)16(26)24-20/h8,10-12H,1-7,20H2,(H,22,23)(H,24,26)/t11?,12-/m1/s1. The normalized spacial score (nSPS) is 27.8. The Morgan fingerprint density at radius 3 is 2.69 bits per heavy atom. The highest BCUT2D eigenvalue weighted by atomic mass is 19.3. The smallest absolute Gasteiger partial charge is 0.248 e. The fourth-order valence-electron chi connectivity index (χ4n) is 4.00. The summed E-state index contributed by atoms with van der Waals surface area (Å²) in [7, 11) is 0. The second-order valence-electron chi connectivity index (χ2n) is 7.31. The van der Waals surface area contributed by atoms with Gasteiger partial charge in [-0.05, 0) is 25.7 Å². The Labute approximate surface area is 149 Å². The van der Waals surface area contributed by atoms with Crippen LogP contribution in [0.2, 0.25) is 0 Å². The maximum Gasteiger partial charge on any atom is 0.248 e. The number of rotatable bonds is 3. The van der Waals surface area contributed by atoms with Crippen molar-refractivity contribution in [2.24, 2.45) is 22.7 Å². The lowest BCUT2D eigenvalue weighted by atomic mass is 9.72. The lowest BCUT2D eigenvalue weighted by Crippen LogP contribution is -2.49. The Morgan fingerprint density at radius 1 is 1.35 bits per heavy atom. The Hall–Kier alpha value is -2.29. The van der Waals surface area contributed by atoms with Crippen LogP contribution in [0.3, 0.4) is 0 Å². The van der Waals surface area contributed by atoms with Gasteiger partial charge in [0.15, 0.2) is 5.82 Å². The number of hydrogen-bond acceptors (Lipinski definition) is 5. The zero-order valence-corrected chi connectivity index (χ0v) is 14.3. The molecule has 0 aromatic carbocycles. The molecule has 0 bridgehead atoms. The molecule has 2 aliphatic carbocycles. The molecule has 26 heavy (non-hydrogen) atoms. The molecule has 2 atom stereocenters. The van der Waals surface area contributed by atoms with Crippen LogP contribution in [0, 0.1) is 11.8 Å². The number of nitrogens with zero attached hydrogens (tertiary/aromatic N) is 3. The van der Waals surface area contributed by atoms with Gasteiger partial charge in [0.05, 0.1) is 17.8 Å². The average Bonchev–Trinajstić information content (AvgIpc) is 2.98. The van der Waals surface area contributed by atoms with Crippen LogP contribution in [0.5, 0.6) is 0 Å². The number of aliphatic imine (C=N–C) groups is 1. The van der Waals surface area contributed by atoms with E-state index in [4.69, 9.17) is 10.8 Å². The summed E-state index contributed by atoms with van der Waals surface area (Å²) in [6.07, 6.45) is 3.72. The van der Waals surface area contributed by atoms with E-state index >= 15 is 0 Å². The number of fused-ring (bicyclic) bond motifs is 1. The van der Waals surface area contributed by atoms with E-state index in [1.807, 2.05) is 0 Å². The van der Waals surface area contributed by atoms with E-state index < -0.39 is 5.92 Å². The van der Waals surface area contributed by atoms with Gasteiger partial charge in [0.2, 0.25) is 11.8 Å². The molecule has 2 fully saturated rings. The molecular formula is C17H22F2N6O. The van der Waals surface area contributed by atoms with Gasteiger partial charge in [-0.1, -0.05) is 6.58 Å². The summed E-state index contributed by atoms with van der Waals surface area (Å²) in [6, 6.07) is -0.0983. The first-order chi connectivity index (χ1) is 12.4. The van der Waals surface area contributed by atoms with Crippen LogP contribution in [0.1, 0.15) is 50.1 Å². The molecule has 2 heterocycles. The van der Waals surface area contributed by atoms with Crippen LogP contribution in [0.25, 0.3) is 5.70 Å². The second-order valence-corrected chi connectivity index (χ2v) is 7.31. The van der Waals surface area contributed by atoms with E-state index in [0.29, 0.717) is 30.2 Å². The Morgan fingerprint density at radius 2 is 2.08 bits per heavy atom. The molecule has 1 aliphatic heterocycles. The van der Waals surface area contributed by atoms with Gasteiger partial charge in [-0.15, -0.1) is 0 Å². The number of nitrogens with two attached hydrogens (primary N) is 1. The fourth-order valence-corrected chi connectivity index (χ4v) is 4.00. The van der Waals surface area contributed by atoms with Crippen molar-refractivity contribution in [3.63, 3.8) is 0 Å². The highest BCUT2D eigenvalue weighted by Crippen LogP contribution is 2.43. The molecular weight excluding hydrogens is 342 g/mol. The lowest BCUT2D eigenvalue weighted by molar-refractivity contribution is -0.128. The molecule has 1 aromatic heterocycles. The minimum absolute atomic E-state index is 0.0533. The predicted molar refractivity (Wildman–Crippen MR) is 92.5 cm³/mol. The summed E-state index contributed by atoms with van der Waals surface area (Å²) < 4.78 is 28.7. The summed E-state index contributed by atoms with van der Waals surface area (Å²) >= 11 is 0. The van der Waals surface area contributed by atoms with Crippen LogP contribution in [0.4, 0.5) is 14.6 Å². The molecule has 0 spiro atoms. The van der Waals surface area contributed by atoms with Gasteiger partial charge in [-0.3, -0.25) is 10.2 Å². The molecule has 1 unspecified atom stereocenters. The van der Waals surface area contributed by atoms with Gasteiger partial charge in [-0.25, -0.2) is 24.3 Å². The molecule has 0 saturated heterocycles. The van der Waals surface area contributed by atoms with E-state index in [0.717, 1.165) is 18.4 Å². The van der Waals surface area contributed by atoms with Gasteiger partial charge in [0.25, 0.3) is 0 Å². The average molecular weight is 364 g/mol. The number of carbonyl (C=O) groups is 1. The van der Waals surface area contributed by atoms with Crippen molar-refractivity contribution in [3.8, 4) is 0 Å². The van der Waals surface area contributed by atoms with E-state index in [1.165, 1.54) is 0 Å². The van der Waals surface area contributed by atoms with Crippen LogP contribution in [-0.2, 0) is 4.79 Å². The topological polar surface area (TPSA) is 97.3 Å². The first kappa shape index (κ1) is 17.1. The third kappa shape index (κ3) is 2.80. The van der Waals surface area contributed by atoms with Gasteiger partial charge in [0, 0.05) is 30.4 Å². The summed E-state index contributed by atoms with van der Waals surface area (Å²) in [5.41, 5.74) is 3.63. The van der Waals surface area contributed by atoms with Crippen molar-refractivity contribution in [2.75, 3.05) is 0 Å². The number of halogens is 2. The molecule has 1 aromatic rings. The molecule has 0 radical (unpaired) electrons. The quantitative estimate of drug-likeness (QED) is 0.435. The van der Waals surface area contributed by atoms with Crippen LogP contribution in [0.15, 0.2) is 17.8 Å². The number of aromatic nitrogens is 2. The second kappa shape index (κ2) is 6.15. The van der Waals surface area contributed by atoms with Crippen molar-refractivity contribution < 1.29 is 13.6 Å². The first-order valence-corrected chi connectivity index (χ1v) is 8.90. The predicted octanol–water partition coefficient (Wildman–Crippen LogP) is 2.25. The molecule has 2 saturated carbocycles. The lowest BCUT2D eigenvalue weighted by Gasteiger charge is -2.37. The molecule has 7 nitrogen and oxygen atoms in total. The van der Waals surface area contributed by atoms with Crippen molar-refractivity contribution in [2.45, 2.75) is 50.5 Å². The summed E-state index contributed by atoms with van der Waals surface area (Å²) in [5, 5.41) is 7.57. The van der Waals surface area contributed by atoms with Crippen LogP contribution < -0.4 is 16.6 Å². The minimum Gasteiger partial charge on any atom is -0.343 e. The van der Waals surface area contributed by atoms with Crippen LogP contribution >= 0.6 is 0 Å². The minimum atomic E-state index is -2.59. The highest BCUT2D eigenvalue weighted by molar-refractivity contribution is 6.01. The molecule has 1 amide bonds. The van der Waals surface area contributed by atoms with Gasteiger partial charge in [0.1, 0.15) is 5.84 Å². The number of hydrazine groups is 1. The van der Waals surface area contributed by atoms with Crippen molar-refractivity contribution in [3.05, 3.63) is 18.3 Å². The molecule has 3 aliphatic rings. The van der Waals surface area contributed by atoms with E-state index in [-0.39, 0.29) is 36.6 Å². The van der Waals surface area contributed by atoms with Crippen molar-refractivity contribution in [1.29, 1.82) is 0 Å². The Bertz CT molecular complexity index is 776. The van der Waals surface area contributed by atoms with Gasteiger partial charge >= 0.3 is 0 Å². The molecule has 4 rings (SSSR count). The summed E-state index contributed by atoms with van der Waals surface area (Å²) in [4.78, 5) is 16.6. The van der Waals surface area contributed by atoms with Gasteiger partial charge in [-0.2, -0.15) is 5.10 Å². The van der Waals surface area contributed by atoms with Crippen molar-refractivity contribution >= 4 is 23.3 Å². The maximum absolute atomic E-state index is 13.5. The van der Waals surface area contributed by atoms with Crippen LogP contribution in [-0.4, -0.2) is 27.4 Å². The first-order valence-electron chi connectivity index (χ1n) is 8.90. The largest absolute Gasteiger partial charge is 0.343 e. The number of amides is 1. The van der Waals surface area contributed by atoms with E-state index in [1.54, 1.807) is 10.9 Å². The number of nitrogens with one attached hydrogen (secondary N) is 2. The monoisotopic (exact) mass is 364 g/mol. The van der Waals surface area contributed by atoms with Crippen molar-refractivity contribution in [1.82, 2.24) is 20.5 Å². The summed E-state index contributed by atoms with van der Waals surface area (Å²) in [6.45, 7) is 4.03. The third-order valence-electron chi connectivity index (χ3n) is 5.74. The summed E-state index contributed by atoms with van der Waals surface area (Å²) in [5.74, 6) is 3.50. The fraction of sp³-hybridized carbons (Fsp3) is 0.588. The molecule has 140 valence electrons. The highest BCUT2D eigenvalue weighted by Gasteiger charge is 2.42. The number of hydrogen-bond donors (Lipinski definition) is 3. The number of alkyl halides is 2. The zero-order chi connectivity index (χ0) is 18.5. The van der Waals surface area contributed by atoms with Gasteiger partial charge < -0.3 is 5.32 Å². The number of carbonyl (C=O) groups excluding carboxylic acids is 1. The SMILES string of the molecule is C=C1NC(C2CC[C@H]2C(=O)NN)=Nc2c1cnn2C1CCC(F)(F)CC1. The molecule has 4 N–H and O–H groups in total. The van der Waals surface area contributed by atoms with E-state index in [2.05, 4.69) is 22.4 Å². The molecule has 9 heteroatoms. The van der Waals surface area contributed by atoms with E-state index in [9.17, 15) is 13.6 Å². The number of amidine groups is 1. The Balaban J connectivity index is 1.61. The zero-order valence-electron chi connectivity index (χ0n) is 14.3.